The van der Waals surface area contributed by atoms with Crippen LogP contribution in [0.2, 0.25) is 0 Å². The van der Waals surface area contributed by atoms with E-state index in [1.807, 2.05) is 20.8 Å². The van der Waals surface area contributed by atoms with Gasteiger partial charge in [0.05, 0.1) is 12.2 Å². The second-order valence-corrected chi connectivity index (χ2v) is 18.8. The number of unbranched alkanes of at least 4 members (excludes halogenated alkanes) is 5. The summed E-state index contributed by atoms with van der Waals surface area (Å²) in [6, 6.07) is 0. The van der Waals surface area contributed by atoms with Crippen LogP contribution in [0.1, 0.15) is 292 Å². The summed E-state index contributed by atoms with van der Waals surface area (Å²) in [6.45, 7) is 34.8. The number of aliphatic hydroxyl groups is 2. The minimum absolute atomic E-state index is 0. The lowest BCUT2D eigenvalue weighted by atomic mass is 9.95. The van der Waals surface area contributed by atoms with Gasteiger partial charge < -0.3 is 48.6 Å². The largest absolute Gasteiger partial charge is 0.393 e. The summed E-state index contributed by atoms with van der Waals surface area (Å²) in [5.74, 6) is 2.00. The lowest BCUT2D eigenvalue weighted by Crippen LogP contribution is -2.18. The van der Waals surface area contributed by atoms with Crippen molar-refractivity contribution in [3.63, 3.8) is 0 Å². The standard InChI is InChI=1S/2C10H20O2.2C10H18O.C6H10O2.C6H12O.C4H8O.C4H10.I2.HI/c1-4-5-10(12)8(2)6-7-9(3)11;1-4-5-8(2)10(12)7-6-9(3)11;1-4-6-9(2)7-5-8-10(3)11;1-4-5-6-9(2)7-8-10(3)11;1-6(8)4-2-3-5-7;1-3-4-5-6(2)7;1-2-3-4-5;1-3-4-2;1-2;/h2*8,10,12H,4-7H2,1-3H3;7H,4-6,8H2,1-3H3;6H,4-5,7-8H2,1-3H3;5H,2-4H2,1H3;3-5H2,1-2H3;4H,2-3H2,1H3;3-4H2,1-2H3;;1H/b;;9-7+;9-6+;;;;;;. The lowest BCUT2D eigenvalue weighted by Gasteiger charge is -2.17. The maximum Gasteiger partial charge on any atom is 0.130 e. The molecule has 0 saturated heterocycles. The zero-order chi connectivity index (χ0) is 58.1. The Morgan fingerprint density at radius 3 is 1.07 bits per heavy atom. The monoisotopic (exact) mass is 1380 g/mol. The summed E-state index contributed by atoms with van der Waals surface area (Å²) in [6.07, 6.45) is 29.1. The van der Waals surface area contributed by atoms with Crippen molar-refractivity contribution in [3.8, 4) is 0 Å². The molecule has 0 aliphatic carbocycles. The predicted octanol–water partition coefficient (Wildman–Crippen LogP) is 18.4. The first kappa shape index (κ1) is 94.4. The summed E-state index contributed by atoms with van der Waals surface area (Å²) in [5, 5.41) is 19.1. The molecule has 10 nitrogen and oxygen atoms in total. The van der Waals surface area contributed by atoms with Crippen molar-refractivity contribution in [2.45, 2.75) is 304 Å². The van der Waals surface area contributed by atoms with Crippen LogP contribution < -0.4 is 0 Å². The van der Waals surface area contributed by atoms with Gasteiger partial charge in [-0.2, -0.15) is 0 Å². The van der Waals surface area contributed by atoms with Gasteiger partial charge in [0.25, 0.3) is 0 Å². The Labute approximate surface area is 492 Å². The Bertz CT molecular complexity index is 1250. The Kier molecular flexibility index (Phi) is 106. The Balaban J connectivity index is -0.0000000786. The SMILES string of the molecule is CC(=O)CCCC=O.CCC/C(C)=C/CCC(C)=O.CCC/C=C(\C)CCC(C)=O.CCCC.CCCC(C)C(O)CCC(C)=O.CCCC(O)C(C)CCC(C)=O.CCCC=O.CCCCC(C)=O.I.II. The van der Waals surface area contributed by atoms with Crippen LogP contribution in [0.5, 0.6) is 0 Å². The van der Waals surface area contributed by atoms with E-state index in [0.29, 0.717) is 69.5 Å². The average Bonchev–Trinajstić information content (AvgIpc) is 3.32. The molecule has 0 aromatic carbocycles. The molecule has 73 heavy (non-hydrogen) atoms. The molecule has 0 fully saturated rings. The Hall–Kier alpha value is -1.05. The highest BCUT2D eigenvalue weighted by atomic mass is 128. The molecule has 0 amide bonds. The normalized spacial score (nSPS) is 11.5. The van der Waals surface area contributed by atoms with E-state index in [9.17, 15) is 48.6 Å². The van der Waals surface area contributed by atoms with E-state index in [1.54, 1.807) is 34.6 Å². The van der Waals surface area contributed by atoms with Crippen LogP contribution in [0.4, 0.5) is 0 Å². The molecule has 4 unspecified atom stereocenters. The number of aldehydes is 2. The fourth-order valence-electron chi connectivity index (χ4n) is 5.35. The van der Waals surface area contributed by atoms with Gasteiger partial charge in [0, 0.05) is 88.6 Å². The average molecular weight is 1380 g/mol. The molecule has 0 aliphatic heterocycles. The number of ketones is 6. The van der Waals surface area contributed by atoms with Gasteiger partial charge in [0.2, 0.25) is 0 Å². The number of carbonyl (C=O) groups excluding carboxylic acids is 8. The van der Waals surface area contributed by atoms with Crippen molar-refractivity contribution in [2.75, 3.05) is 0 Å². The van der Waals surface area contributed by atoms with Crippen molar-refractivity contribution in [3.05, 3.63) is 23.3 Å². The van der Waals surface area contributed by atoms with Gasteiger partial charge in [-0.3, -0.25) is 0 Å². The maximum atomic E-state index is 10.6. The first-order valence-electron chi connectivity index (χ1n) is 27.5. The van der Waals surface area contributed by atoms with Crippen molar-refractivity contribution >= 4 is 108 Å². The number of hydrogen-bond donors (Lipinski definition) is 2. The van der Waals surface area contributed by atoms with E-state index in [4.69, 9.17) is 0 Å². The minimum atomic E-state index is -0.297. The topological polar surface area (TPSA) is 177 Å². The summed E-state index contributed by atoms with van der Waals surface area (Å²) in [5.41, 5.74) is 2.76. The fourth-order valence-corrected chi connectivity index (χ4v) is 5.35. The molecule has 2 N–H and O–H groups in total. The van der Waals surface area contributed by atoms with Gasteiger partial charge in [-0.25, -0.2) is 0 Å². The molecule has 13 heteroatoms. The van der Waals surface area contributed by atoms with Crippen LogP contribution >= 0.6 is 61.2 Å². The van der Waals surface area contributed by atoms with Crippen LogP contribution in [0.25, 0.3) is 0 Å². The first-order valence-corrected chi connectivity index (χ1v) is 33.8. The molecule has 438 valence electrons. The van der Waals surface area contributed by atoms with Gasteiger partial charge in [-0.05, 0) is 138 Å². The second-order valence-electron chi connectivity index (χ2n) is 18.8. The smallest absolute Gasteiger partial charge is 0.130 e. The van der Waals surface area contributed by atoms with Crippen LogP contribution in [0.15, 0.2) is 23.3 Å². The van der Waals surface area contributed by atoms with Gasteiger partial charge in [-0.1, -0.05) is 137 Å². The van der Waals surface area contributed by atoms with Gasteiger partial charge in [-0.15, -0.1) is 24.0 Å². The fraction of sp³-hybridized carbons (Fsp3) is 0.800. The summed E-state index contributed by atoms with van der Waals surface area (Å²) >= 11 is 4.24. The van der Waals surface area contributed by atoms with Gasteiger partial charge in [0.15, 0.2) is 0 Å². The molecule has 0 aliphatic rings. The Morgan fingerprint density at radius 1 is 0.370 bits per heavy atom. The van der Waals surface area contributed by atoms with E-state index in [1.165, 1.54) is 43.8 Å². The van der Waals surface area contributed by atoms with Crippen molar-refractivity contribution in [1.29, 1.82) is 0 Å². The third-order valence-corrected chi connectivity index (χ3v) is 10.3. The molecule has 0 spiro atoms. The number of rotatable bonds is 32. The highest BCUT2D eigenvalue weighted by molar-refractivity contribution is 15.0. The van der Waals surface area contributed by atoms with E-state index in [0.717, 1.165) is 96.0 Å². The lowest BCUT2D eigenvalue weighted by molar-refractivity contribution is -0.118. The molecule has 0 rings (SSSR count). The minimum Gasteiger partial charge on any atom is -0.393 e. The van der Waals surface area contributed by atoms with Crippen molar-refractivity contribution in [1.82, 2.24) is 0 Å². The summed E-state index contributed by atoms with van der Waals surface area (Å²) < 4.78 is 0. The third kappa shape index (κ3) is 120. The number of halogens is 3. The quantitative estimate of drug-likeness (QED) is 0.0285. The number of allylic oxidation sites excluding steroid dienone is 4. The van der Waals surface area contributed by atoms with Crippen molar-refractivity contribution < 1.29 is 48.6 Å². The van der Waals surface area contributed by atoms with Crippen molar-refractivity contribution in [2.24, 2.45) is 11.8 Å². The van der Waals surface area contributed by atoms with E-state index >= 15 is 0 Å². The zero-order valence-electron chi connectivity index (χ0n) is 50.3. The highest BCUT2D eigenvalue weighted by Crippen LogP contribution is 2.16. The highest BCUT2D eigenvalue weighted by Gasteiger charge is 2.14. The van der Waals surface area contributed by atoms with Crippen LogP contribution in [-0.4, -0.2) is 69.7 Å². The number of Topliss-reactive ketones (excluding diaryl/α,β-unsaturated/α-hetero) is 6. The predicted molar refractivity (Wildman–Crippen MR) is 343 cm³/mol. The molecule has 4 atom stereocenters. The van der Waals surface area contributed by atoms with Gasteiger partial charge >= 0.3 is 0 Å². The maximum absolute atomic E-state index is 10.6. The van der Waals surface area contributed by atoms with E-state index in [-0.39, 0.29) is 71.0 Å². The van der Waals surface area contributed by atoms with Crippen LogP contribution in [0.3, 0.4) is 0 Å². The molecular weight excluding hydrogens is 1260 g/mol. The Morgan fingerprint density at radius 2 is 0.740 bits per heavy atom. The van der Waals surface area contributed by atoms with Gasteiger partial charge in [0.1, 0.15) is 47.3 Å². The second kappa shape index (κ2) is 82.3. The molecule has 0 aromatic heterocycles. The molecular formula is C60H117I3O10. The molecule has 0 radical (unpaired) electrons. The third-order valence-electron chi connectivity index (χ3n) is 10.3. The molecule has 0 heterocycles. The van der Waals surface area contributed by atoms with E-state index in [2.05, 4.69) is 112 Å². The van der Waals surface area contributed by atoms with Crippen LogP contribution in [0, 0.1) is 11.8 Å². The van der Waals surface area contributed by atoms with E-state index < -0.39 is 0 Å². The molecule has 0 saturated carbocycles. The number of hydrogen-bond acceptors (Lipinski definition) is 10. The number of aliphatic hydroxyl groups excluding tert-OH is 2. The summed E-state index contributed by atoms with van der Waals surface area (Å²) in [7, 11) is 0. The van der Waals surface area contributed by atoms with Crippen LogP contribution in [-0.2, 0) is 38.4 Å². The zero-order valence-corrected chi connectivity index (χ0v) is 57.0. The summed E-state index contributed by atoms with van der Waals surface area (Å²) in [4.78, 5) is 81.9. The molecule has 0 aromatic rings. The first-order chi connectivity index (χ1) is 33.8. The number of carbonyl (C=O) groups is 8. The molecule has 0 bridgehead atoms.